The van der Waals surface area contributed by atoms with Crippen molar-refractivity contribution in [2.45, 2.75) is 18.9 Å². The maximum absolute atomic E-state index is 13.5. The second kappa shape index (κ2) is 6.00. The summed E-state index contributed by atoms with van der Waals surface area (Å²) in [5.74, 6) is 0.0610. The second-order valence-electron chi connectivity index (χ2n) is 4.63. The molecule has 7 heteroatoms. The van der Waals surface area contributed by atoms with E-state index in [9.17, 15) is 14.5 Å². The molecule has 0 saturated heterocycles. The number of halogens is 2. The molecule has 19 heavy (non-hydrogen) atoms. The Kier molecular flexibility index (Phi) is 4.56. The standard InChI is InChI=1S/C12H14FIN2O3/c1-15-6-7-2-8(3-7)19-12-4-9(13)10(14)5-11(12)16(17)18/h4-5,7-8,15H,2-3,6H2,1H3. The molecule has 1 fully saturated rings. The predicted octanol–water partition coefficient (Wildman–Crippen LogP) is 2.72. The molecule has 1 aromatic rings. The minimum absolute atomic E-state index is 0.0239. The Morgan fingerprint density at radius 1 is 1.58 bits per heavy atom. The molecule has 1 aliphatic carbocycles. The summed E-state index contributed by atoms with van der Waals surface area (Å²) in [7, 11) is 1.88. The maximum Gasteiger partial charge on any atom is 0.312 e. The number of nitro groups is 1. The summed E-state index contributed by atoms with van der Waals surface area (Å²) in [5, 5.41) is 14.0. The lowest BCUT2D eigenvalue weighted by Crippen LogP contribution is -2.38. The van der Waals surface area contributed by atoms with Gasteiger partial charge in [-0.25, -0.2) is 4.39 Å². The third-order valence-corrected chi connectivity index (χ3v) is 4.00. The fourth-order valence-corrected chi connectivity index (χ4v) is 2.61. The van der Waals surface area contributed by atoms with Crippen LogP contribution in [-0.2, 0) is 0 Å². The van der Waals surface area contributed by atoms with E-state index in [-0.39, 0.29) is 21.1 Å². The first-order valence-corrected chi connectivity index (χ1v) is 7.03. The highest BCUT2D eigenvalue weighted by atomic mass is 127. The molecular formula is C12H14FIN2O3. The van der Waals surface area contributed by atoms with Crippen LogP contribution >= 0.6 is 22.6 Å². The van der Waals surface area contributed by atoms with Crippen LogP contribution in [0.2, 0.25) is 0 Å². The summed E-state index contributed by atoms with van der Waals surface area (Å²) in [6.45, 7) is 0.906. The minimum Gasteiger partial charge on any atom is -0.483 e. The molecule has 1 aromatic carbocycles. The van der Waals surface area contributed by atoms with E-state index in [1.807, 2.05) is 7.05 Å². The van der Waals surface area contributed by atoms with Gasteiger partial charge in [-0.3, -0.25) is 10.1 Å². The highest BCUT2D eigenvalue weighted by molar-refractivity contribution is 14.1. The van der Waals surface area contributed by atoms with Crippen LogP contribution in [0.3, 0.4) is 0 Å². The highest BCUT2D eigenvalue weighted by Gasteiger charge is 2.32. The van der Waals surface area contributed by atoms with Gasteiger partial charge in [0.15, 0.2) is 5.75 Å². The van der Waals surface area contributed by atoms with Crippen LogP contribution in [0.15, 0.2) is 12.1 Å². The van der Waals surface area contributed by atoms with E-state index >= 15 is 0 Å². The van der Waals surface area contributed by atoms with Gasteiger partial charge < -0.3 is 10.1 Å². The molecule has 1 saturated carbocycles. The van der Waals surface area contributed by atoms with Gasteiger partial charge in [-0.2, -0.15) is 0 Å². The molecule has 0 amide bonds. The average molecular weight is 380 g/mol. The number of benzene rings is 1. The topological polar surface area (TPSA) is 64.4 Å². The molecule has 2 rings (SSSR count). The molecule has 1 N–H and O–H groups in total. The summed E-state index contributed by atoms with van der Waals surface area (Å²) in [6, 6.07) is 2.31. The quantitative estimate of drug-likeness (QED) is 0.485. The first-order chi connectivity index (χ1) is 9.01. The lowest BCUT2D eigenvalue weighted by molar-refractivity contribution is -0.386. The number of hydrogen-bond acceptors (Lipinski definition) is 4. The van der Waals surface area contributed by atoms with Crippen LogP contribution in [0.5, 0.6) is 5.75 Å². The van der Waals surface area contributed by atoms with Gasteiger partial charge in [0.25, 0.3) is 0 Å². The van der Waals surface area contributed by atoms with Crippen LogP contribution in [-0.4, -0.2) is 24.6 Å². The van der Waals surface area contributed by atoms with Gasteiger partial charge in [-0.1, -0.05) is 0 Å². The van der Waals surface area contributed by atoms with E-state index in [0.717, 1.165) is 25.5 Å². The van der Waals surface area contributed by atoms with Gasteiger partial charge in [0.2, 0.25) is 0 Å². The zero-order chi connectivity index (χ0) is 14.0. The third-order valence-electron chi connectivity index (χ3n) is 3.18. The van der Waals surface area contributed by atoms with Gasteiger partial charge in [0, 0.05) is 12.1 Å². The van der Waals surface area contributed by atoms with E-state index in [0.29, 0.717) is 5.92 Å². The van der Waals surface area contributed by atoms with Crippen molar-refractivity contribution in [2.24, 2.45) is 5.92 Å². The maximum atomic E-state index is 13.5. The van der Waals surface area contributed by atoms with Crippen LogP contribution in [0.25, 0.3) is 0 Å². The van der Waals surface area contributed by atoms with Gasteiger partial charge in [0.05, 0.1) is 14.6 Å². The van der Waals surface area contributed by atoms with Crippen molar-refractivity contribution in [2.75, 3.05) is 13.6 Å². The van der Waals surface area contributed by atoms with Gasteiger partial charge >= 0.3 is 5.69 Å². The first kappa shape index (κ1) is 14.4. The molecule has 1 aliphatic rings. The number of rotatable bonds is 5. The lowest BCUT2D eigenvalue weighted by atomic mass is 9.82. The molecule has 5 nitrogen and oxygen atoms in total. The van der Waals surface area contributed by atoms with E-state index in [1.165, 1.54) is 6.07 Å². The highest BCUT2D eigenvalue weighted by Crippen LogP contribution is 2.36. The number of nitro benzene ring substituents is 1. The molecule has 0 unspecified atom stereocenters. The SMILES string of the molecule is CNCC1CC(Oc2cc(F)c(I)cc2[N+](=O)[O-])C1. The molecule has 0 atom stereocenters. The Morgan fingerprint density at radius 2 is 2.26 bits per heavy atom. The number of hydrogen-bond donors (Lipinski definition) is 1. The summed E-state index contributed by atoms with van der Waals surface area (Å²) in [6.07, 6.45) is 1.62. The monoisotopic (exact) mass is 380 g/mol. The Balaban J connectivity index is 2.08. The van der Waals surface area contributed by atoms with Crippen molar-refractivity contribution in [3.63, 3.8) is 0 Å². The molecule has 0 radical (unpaired) electrons. The van der Waals surface area contributed by atoms with Crippen molar-refractivity contribution in [3.05, 3.63) is 31.6 Å². The molecule has 0 aliphatic heterocycles. The van der Waals surface area contributed by atoms with Crippen molar-refractivity contribution in [3.8, 4) is 5.75 Å². The van der Waals surface area contributed by atoms with Crippen LogP contribution < -0.4 is 10.1 Å². The minimum atomic E-state index is -0.541. The Bertz CT molecular complexity index is 492. The normalized spacial score (nSPS) is 21.8. The molecule has 104 valence electrons. The molecular weight excluding hydrogens is 366 g/mol. The summed E-state index contributed by atoms with van der Waals surface area (Å²) < 4.78 is 19.2. The van der Waals surface area contributed by atoms with Gasteiger partial charge in [0.1, 0.15) is 5.82 Å². The van der Waals surface area contributed by atoms with Gasteiger partial charge in [-0.05, 0) is 54.9 Å². The average Bonchev–Trinajstić information content (AvgIpc) is 2.30. The Labute approximate surface area is 123 Å². The zero-order valence-electron chi connectivity index (χ0n) is 10.4. The second-order valence-corrected chi connectivity index (χ2v) is 5.79. The number of ether oxygens (including phenoxy) is 1. The number of nitrogens with zero attached hydrogens (tertiary/aromatic N) is 1. The van der Waals surface area contributed by atoms with Crippen LogP contribution in [0.1, 0.15) is 12.8 Å². The van der Waals surface area contributed by atoms with Crippen LogP contribution in [0, 0.1) is 25.4 Å². The molecule has 0 bridgehead atoms. The number of nitrogens with one attached hydrogen (secondary N) is 1. The summed E-state index contributed by atoms with van der Waals surface area (Å²) >= 11 is 1.73. The van der Waals surface area contributed by atoms with Crippen molar-refractivity contribution in [1.29, 1.82) is 0 Å². The molecule has 0 spiro atoms. The summed E-state index contributed by atoms with van der Waals surface area (Å²) in [5.41, 5.74) is -0.178. The zero-order valence-corrected chi connectivity index (χ0v) is 12.5. The third kappa shape index (κ3) is 3.33. The van der Waals surface area contributed by atoms with Crippen LogP contribution in [0.4, 0.5) is 10.1 Å². The van der Waals surface area contributed by atoms with E-state index in [2.05, 4.69) is 5.32 Å². The smallest absolute Gasteiger partial charge is 0.312 e. The van der Waals surface area contributed by atoms with E-state index < -0.39 is 10.7 Å². The fraction of sp³-hybridized carbons (Fsp3) is 0.500. The molecule has 0 heterocycles. The Morgan fingerprint density at radius 3 is 2.84 bits per heavy atom. The largest absolute Gasteiger partial charge is 0.483 e. The van der Waals surface area contributed by atoms with Crippen molar-refractivity contribution in [1.82, 2.24) is 5.32 Å². The Hall–Kier alpha value is -0.960. The predicted molar refractivity (Wildman–Crippen MR) is 76.8 cm³/mol. The fourth-order valence-electron chi connectivity index (χ4n) is 2.16. The van der Waals surface area contributed by atoms with Gasteiger partial charge in [-0.15, -0.1) is 0 Å². The molecule has 0 aromatic heterocycles. The van der Waals surface area contributed by atoms with Crippen molar-refractivity contribution < 1.29 is 14.1 Å². The summed E-state index contributed by atoms with van der Waals surface area (Å²) in [4.78, 5) is 10.4. The van der Waals surface area contributed by atoms with E-state index in [1.54, 1.807) is 22.6 Å². The van der Waals surface area contributed by atoms with Crippen molar-refractivity contribution >= 4 is 28.3 Å². The van der Waals surface area contributed by atoms with E-state index in [4.69, 9.17) is 4.74 Å². The lowest BCUT2D eigenvalue weighted by Gasteiger charge is -2.35. The first-order valence-electron chi connectivity index (χ1n) is 5.96.